The molecule has 1 aromatic carbocycles. The lowest BCUT2D eigenvalue weighted by atomic mass is 10.1. The van der Waals surface area contributed by atoms with E-state index in [1.165, 1.54) is 11.3 Å². The Hall–Kier alpha value is -1.85. The third-order valence-electron chi connectivity index (χ3n) is 3.92. The van der Waals surface area contributed by atoms with Crippen molar-refractivity contribution in [2.24, 2.45) is 7.05 Å². The van der Waals surface area contributed by atoms with Gasteiger partial charge in [-0.25, -0.2) is 0 Å². The molecule has 5 nitrogen and oxygen atoms in total. The molecule has 1 aromatic heterocycles. The molecule has 2 aromatic rings. The van der Waals surface area contributed by atoms with Crippen LogP contribution in [0.15, 0.2) is 24.3 Å². The zero-order chi connectivity index (χ0) is 16.1. The topological polar surface area (TPSA) is 59.3 Å². The molecule has 0 saturated carbocycles. The van der Waals surface area contributed by atoms with Crippen LogP contribution in [0.5, 0.6) is 5.75 Å². The smallest absolute Gasteiger partial charge is 0.123 e. The fraction of sp³-hybridized carbons (Fsp3) is 0.471. The van der Waals surface area contributed by atoms with Crippen LogP contribution in [0.1, 0.15) is 35.5 Å². The summed E-state index contributed by atoms with van der Waals surface area (Å²) >= 11 is 0. The number of rotatable bonds is 7. The van der Waals surface area contributed by atoms with E-state index in [1.807, 2.05) is 42.9 Å². The van der Waals surface area contributed by atoms with Crippen molar-refractivity contribution < 1.29 is 9.84 Å². The van der Waals surface area contributed by atoms with Crippen LogP contribution in [0.25, 0.3) is 0 Å². The van der Waals surface area contributed by atoms with Gasteiger partial charge in [0.25, 0.3) is 0 Å². The molecular formula is C17H25N3O2. The third kappa shape index (κ3) is 3.67. The average Bonchev–Trinajstić information content (AvgIpc) is 2.76. The first kappa shape index (κ1) is 16.5. The first-order chi connectivity index (χ1) is 10.5. The number of aryl methyl sites for hydroxylation is 2. The van der Waals surface area contributed by atoms with Gasteiger partial charge < -0.3 is 15.2 Å². The quantitative estimate of drug-likeness (QED) is 0.824. The average molecular weight is 303 g/mol. The van der Waals surface area contributed by atoms with E-state index >= 15 is 0 Å². The van der Waals surface area contributed by atoms with Crippen LogP contribution in [0.2, 0.25) is 0 Å². The molecule has 2 N–H and O–H groups in total. The number of para-hydroxylation sites is 1. The fourth-order valence-corrected chi connectivity index (χ4v) is 2.73. The van der Waals surface area contributed by atoms with Crippen molar-refractivity contribution >= 4 is 0 Å². The van der Waals surface area contributed by atoms with E-state index in [0.717, 1.165) is 17.0 Å². The number of aliphatic hydroxyl groups is 1. The summed E-state index contributed by atoms with van der Waals surface area (Å²) in [7, 11) is 1.97. The normalized spacial score (nSPS) is 12.4. The van der Waals surface area contributed by atoms with E-state index in [1.54, 1.807) is 0 Å². The van der Waals surface area contributed by atoms with Crippen LogP contribution in [0, 0.1) is 13.8 Å². The maximum absolute atomic E-state index is 8.90. The van der Waals surface area contributed by atoms with E-state index < -0.39 is 0 Å². The Morgan fingerprint density at radius 3 is 2.68 bits per heavy atom. The van der Waals surface area contributed by atoms with Crippen LogP contribution >= 0.6 is 0 Å². The minimum Gasteiger partial charge on any atom is -0.491 e. The maximum atomic E-state index is 8.90. The predicted molar refractivity (Wildman–Crippen MR) is 87.0 cm³/mol. The van der Waals surface area contributed by atoms with E-state index in [-0.39, 0.29) is 12.6 Å². The molecule has 5 heteroatoms. The highest BCUT2D eigenvalue weighted by molar-refractivity contribution is 5.34. The standard InChI is InChI=1S/C17H25N3O2/c1-12(17-13(2)19-20(4)14(17)3)18-11-15-7-5-6-8-16(15)22-10-9-21/h5-8,12,18,21H,9-11H2,1-4H3. The van der Waals surface area contributed by atoms with Crippen molar-refractivity contribution in [3.63, 3.8) is 0 Å². The van der Waals surface area contributed by atoms with Crippen molar-refractivity contribution in [1.82, 2.24) is 15.1 Å². The van der Waals surface area contributed by atoms with Gasteiger partial charge in [-0.1, -0.05) is 18.2 Å². The number of hydrogen-bond acceptors (Lipinski definition) is 4. The van der Waals surface area contributed by atoms with Crippen molar-refractivity contribution in [1.29, 1.82) is 0 Å². The number of benzene rings is 1. The summed E-state index contributed by atoms with van der Waals surface area (Å²) in [6.45, 7) is 7.31. The van der Waals surface area contributed by atoms with Gasteiger partial charge in [0.15, 0.2) is 0 Å². The van der Waals surface area contributed by atoms with Gasteiger partial charge in [-0.05, 0) is 26.8 Å². The second kappa shape index (κ2) is 7.42. The summed E-state index contributed by atoms with van der Waals surface area (Å²) in [5.74, 6) is 0.816. The molecule has 1 unspecified atom stereocenters. The zero-order valence-corrected chi connectivity index (χ0v) is 13.8. The number of aromatic nitrogens is 2. The van der Waals surface area contributed by atoms with Gasteiger partial charge in [-0.2, -0.15) is 5.10 Å². The van der Waals surface area contributed by atoms with E-state index in [2.05, 4.69) is 24.3 Å². The number of hydrogen-bond donors (Lipinski definition) is 2. The summed E-state index contributed by atoms with van der Waals surface area (Å²) in [6, 6.07) is 8.11. The third-order valence-corrected chi connectivity index (χ3v) is 3.92. The molecule has 0 fully saturated rings. The van der Waals surface area contributed by atoms with Crippen LogP contribution in [-0.2, 0) is 13.6 Å². The van der Waals surface area contributed by atoms with Crippen molar-refractivity contribution in [3.05, 3.63) is 46.8 Å². The van der Waals surface area contributed by atoms with E-state index in [9.17, 15) is 0 Å². The van der Waals surface area contributed by atoms with Crippen LogP contribution in [0.3, 0.4) is 0 Å². The van der Waals surface area contributed by atoms with Gasteiger partial charge >= 0.3 is 0 Å². The highest BCUT2D eigenvalue weighted by atomic mass is 16.5. The summed E-state index contributed by atoms with van der Waals surface area (Å²) in [4.78, 5) is 0. The molecule has 2 rings (SSSR count). The molecule has 0 aliphatic heterocycles. The molecule has 120 valence electrons. The maximum Gasteiger partial charge on any atom is 0.123 e. The molecule has 22 heavy (non-hydrogen) atoms. The highest BCUT2D eigenvalue weighted by Crippen LogP contribution is 2.23. The second-order valence-corrected chi connectivity index (χ2v) is 5.49. The minimum absolute atomic E-state index is 0.0201. The van der Waals surface area contributed by atoms with Crippen LogP contribution < -0.4 is 10.1 Å². The fourth-order valence-electron chi connectivity index (χ4n) is 2.73. The number of nitrogens with one attached hydrogen (secondary N) is 1. The predicted octanol–water partition coefficient (Wildman–Crippen LogP) is 2.26. The molecule has 0 saturated heterocycles. The van der Waals surface area contributed by atoms with Crippen LogP contribution in [-0.4, -0.2) is 28.1 Å². The number of aliphatic hydroxyl groups excluding tert-OH is 1. The summed E-state index contributed by atoms with van der Waals surface area (Å²) in [6.07, 6.45) is 0. The summed E-state index contributed by atoms with van der Waals surface area (Å²) < 4.78 is 7.49. The Kier molecular flexibility index (Phi) is 5.57. The molecule has 0 amide bonds. The summed E-state index contributed by atoms with van der Waals surface area (Å²) in [5.41, 5.74) is 4.57. The molecule has 0 radical (unpaired) electrons. The highest BCUT2D eigenvalue weighted by Gasteiger charge is 2.16. The van der Waals surface area contributed by atoms with Gasteiger partial charge in [0, 0.05) is 36.5 Å². The lowest BCUT2D eigenvalue weighted by Gasteiger charge is -2.17. The largest absolute Gasteiger partial charge is 0.491 e. The Bertz CT molecular complexity index is 622. The molecular weight excluding hydrogens is 278 g/mol. The molecule has 0 aliphatic carbocycles. The summed E-state index contributed by atoms with van der Waals surface area (Å²) in [5, 5.41) is 16.9. The molecule has 0 spiro atoms. The second-order valence-electron chi connectivity index (χ2n) is 5.49. The Morgan fingerprint density at radius 2 is 2.05 bits per heavy atom. The zero-order valence-electron chi connectivity index (χ0n) is 13.8. The van der Waals surface area contributed by atoms with Gasteiger partial charge in [-0.15, -0.1) is 0 Å². The lowest BCUT2D eigenvalue weighted by Crippen LogP contribution is -2.20. The van der Waals surface area contributed by atoms with Gasteiger partial charge in [0.1, 0.15) is 12.4 Å². The van der Waals surface area contributed by atoms with Crippen molar-refractivity contribution in [3.8, 4) is 5.75 Å². The van der Waals surface area contributed by atoms with Crippen molar-refractivity contribution in [2.75, 3.05) is 13.2 Å². The lowest BCUT2D eigenvalue weighted by molar-refractivity contribution is 0.200. The van der Waals surface area contributed by atoms with Gasteiger partial charge in [-0.3, -0.25) is 4.68 Å². The first-order valence-electron chi connectivity index (χ1n) is 7.59. The van der Waals surface area contributed by atoms with Crippen LogP contribution in [0.4, 0.5) is 0 Å². The number of nitrogens with zero attached hydrogens (tertiary/aromatic N) is 2. The van der Waals surface area contributed by atoms with Gasteiger partial charge in [0.2, 0.25) is 0 Å². The molecule has 0 bridgehead atoms. The van der Waals surface area contributed by atoms with Gasteiger partial charge in [0.05, 0.1) is 12.3 Å². The Balaban J connectivity index is 2.06. The molecule has 0 aliphatic rings. The number of ether oxygens (including phenoxy) is 1. The van der Waals surface area contributed by atoms with E-state index in [0.29, 0.717) is 13.2 Å². The minimum atomic E-state index is 0.0201. The molecule has 1 heterocycles. The Labute approximate surface area is 131 Å². The van der Waals surface area contributed by atoms with Crippen molar-refractivity contribution in [2.45, 2.75) is 33.4 Å². The molecule has 1 atom stereocenters. The Morgan fingerprint density at radius 1 is 1.32 bits per heavy atom. The first-order valence-corrected chi connectivity index (χ1v) is 7.59. The monoisotopic (exact) mass is 303 g/mol. The SMILES string of the molecule is Cc1nn(C)c(C)c1C(C)NCc1ccccc1OCCO. The van der Waals surface area contributed by atoms with E-state index in [4.69, 9.17) is 9.84 Å².